The highest BCUT2D eigenvalue weighted by Crippen LogP contribution is 2.04. The third-order valence-corrected chi connectivity index (χ3v) is 3.18. The van der Waals surface area contributed by atoms with Crippen LogP contribution in [0.4, 0.5) is 0 Å². The Bertz CT molecular complexity index is 453. The lowest BCUT2D eigenvalue weighted by Crippen LogP contribution is -2.44. The number of rotatable bonds is 3. The van der Waals surface area contributed by atoms with E-state index in [1.54, 1.807) is 6.20 Å². The Hall–Kier alpha value is -1.46. The van der Waals surface area contributed by atoms with Crippen molar-refractivity contribution in [2.45, 2.75) is 6.42 Å². The fourth-order valence-corrected chi connectivity index (χ4v) is 2.21. The van der Waals surface area contributed by atoms with Gasteiger partial charge in [-0.3, -0.25) is 0 Å². The average Bonchev–Trinajstić information content (AvgIpc) is 2.80. The molecule has 0 radical (unpaired) electrons. The molecule has 5 nitrogen and oxygen atoms in total. The minimum absolute atomic E-state index is 0.933. The lowest BCUT2D eigenvalue weighted by Gasteiger charge is -2.26. The summed E-state index contributed by atoms with van der Waals surface area (Å²) in [6.45, 7) is 5.59. The lowest BCUT2D eigenvalue weighted by molar-refractivity contribution is 0.243. The van der Waals surface area contributed by atoms with Crippen molar-refractivity contribution in [1.82, 2.24) is 24.8 Å². The van der Waals surface area contributed by atoms with E-state index in [1.165, 1.54) is 0 Å². The number of hydrogen-bond donors (Lipinski definition) is 1. The number of hydrogen-bond acceptors (Lipinski definition) is 4. The highest BCUT2D eigenvalue weighted by atomic mass is 15.2. The molecule has 2 aromatic heterocycles. The van der Waals surface area contributed by atoms with Crippen LogP contribution in [-0.4, -0.2) is 52.2 Å². The van der Waals surface area contributed by atoms with Crippen molar-refractivity contribution < 1.29 is 0 Å². The first-order chi connectivity index (χ1) is 8.42. The number of aromatic nitrogens is 3. The number of piperazine rings is 1. The second kappa shape index (κ2) is 4.81. The van der Waals surface area contributed by atoms with Gasteiger partial charge in [0.15, 0.2) is 5.65 Å². The number of nitrogens with one attached hydrogen (secondary N) is 1. The zero-order valence-corrected chi connectivity index (χ0v) is 9.84. The summed E-state index contributed by atoms with van der Waals surface area (Å²) in [5.41, 5.74) is 2.06. The molecule has 0 unspecified atom stereocenters. The molecule has 1 saturated heterocycles. The van der Waals surface area contributed by atoms with Gasteiger partial charge in [-0.05, 0) is 6.07 Å². The first-order valence-electron chi connectivity index (χ1n) is 6.14. The maximum atomic E-state index is 4.51. The van der Waals surface area contributed by atoms with Gasteiger partial charge in [-0.15, -0.1) is 0 Å². The summed E-state index contributed by atoms with van der Waals surface area (Å²) < 4.78 is 1.84. The average molecular weight is 231 g/mol. The van der Waals surface area contributed by atoms with Crippen LogP contribution in [-0.2, 0) is 6.42 Å². The van der Waals surface area contributed by atoms with Crippen molar-refractivity contribution in [1.29, 1.82) is 0 Å². The van der Waals surface area contributed by atoms with E-state index in [4.69, 9.17) is 0 Å². The van der Waals surface area contributed by atoms with Crippen LogP contribution in [0, 0.1) is 0 Å². The molecule has 0 saturated carbocycles. The summed E-state index contributed by atoms with van der Waals surface area (Å²) in [7, 11) is 0. The number of fused-ring (bicyclic) bond motifs is 1. The first kappa shape index (κ1) is 10.7. The molecule has 5 heteroatoms. The van der Waals surface area contributed by atoms with Crippen molar-refractivity contribution >= 4 is 5.65 Å². The van der Waals surface area contributed by atoms with E-state index < -0.39 is 0 Å². The van der Waals surface area contributed by atoms with Gasteiger partial charge in [0.25, 0.3) is 0 Å². The molecule has 0 atom stereocenters. The molecular formula is C12H17N5. The van der Waals surface area contributed by atoms with Crippen LogP contribution in [0.25, 0.3) is 5.65 Å². The number of nitrogens with zero attached hydrogens (tertiary/aromatic N) is 4. The molecule has 0 bridgehead atoms. The molecule has 1 fully saturated rings. The van der Waals surface area contributed by atoms with E-state index in [9.17, 15) is 0 Å². The Morgan fingerprint density at radius 2 is 2.18 bits per heavy atom. The van der Waals surface area contributed by atoms with Crippen LogP contribution in [0.1, 0.15) is 5.69 Å². The highest BCUT2D eigenvalue weighted by molar-refractivity contribution is 5.38. The Labute approximate surface area is 100 Å². The first-order valence-corrected chi connectivity index (χ1v) is 6.14. The summed E-state index contributed by atoms with van der Waals surface area (Å²) in [5.74, 6) is 0. The summed E-state index contributed by atoms with van der Waals surface area (Å²) in [6.07, 6.45) is 4.75. The Kier molecular flexibility index (Phi) is 3.02. The summed E-state index contributed by atoms with van der Waals surface area (Å²) in [4.78, 5) is 6.75. The van der Waals surface area contributed by atoms with E-state index in [1.807, 2.05) is 16.8 Å². The van der Waals surface area contributed by atoms with Crippen LogP contribution in [0.15, 0.2) is 24.5 Å². The van der Waals surface area contributed by atoms with Gasteiger partial charge in [-0.2, -0.15) is 5.10 Å². The normalized spacial score (nSPS) is 17.6. The molecule has 3 heterocycles. The second-order valence-electron chi connectivity index (χ2n) is 4.40. The molecule has 0 amide bonds. The SMILES string of the molecule is c1cnc2cc(CCN3CCNCC3)nn2c1. The minimum Gasteiger partial charge on any atom is -0.314 e. The third-order valence-electron chi connectivity index (χ3n) is 3.18. The van der Waals surface area contributed by atoms with Crippen LogP contribution >= 0.6 is 0 Å². The fourth-order valence-electron chi connectivity index (χ4n) is 2.21. The van der Waals surface area contributed by atoms with Crippen molar-refractivity contribution in [3.63, 3.8) is 0 Å². The van der Waals surface area contributed by atoms with Gasteiger partial charge in [0.2, 0.25) is 0 Å². The van der Waals surface area contributed by atoms with E-state index in [0.717, 1.165) is 50.5 Å². The minimum atomic E-state index is 0.933. The Balaban J connectivity index is 1.64. The molecule has 0 aliphatic carbocycles. The molecule has 0 spiro atoms. The molecule has 0 aromatic carbocycles. The standard InChI is InChI=1S/C12H17N5/c1-3-14-12-10-11(15-17(12)6-1)2-7-16-8-4-13-5-9-16/h1,3,6,10,13H,2,4-5,7-9H2. The maximum absolute atomic E-state index is 4.51. The summed E-state index contributed by atoms with van der Waals surface area (Å²) >= 11 is 0. The van der Waals surface area contributed by atoms with E-state index in [0.29, 0.717) is 0 Å². The van der Waals surface area contributed by atoms with Crippen molar-refractivity contribution in [2.75, 3.05) is 32.7 Å². The Morgan fingerprint density at radius 1 is 1.29 bits per heavy atom. The topological polar surface area (TPSA) is 45.5 Å². The monoisotopic (exact) mass is 231 g/mol. The summed E-state index contributed by atoms with van der Waals surface area (Å²) in [6, 6.07) is 3.97. The predicted molar refractivity (Wildman–Crippen MR) is 66.0 cm³/mol. The van der Waals surface area contributed by atoms with Gasteiger partial charge in [0.1, 0.15) is 0 Å². The smallest absolute Gasteiger partial charge is 0.155 e. The van der Waals surface area contributed by atoms with Gasteiger partial charge < -0.3 is 10.2 Å². The zero-order valence-electron chi connectivity index (χ0n) is 9.84. The molecular weight excluding hydrogens is 214 g/mol. The van der Waals surface area contributed by atoms with Gasteiger partial charge >= 0.3 is 0 Å². The lowest BCUT2D eigenvalue weighted by atomic mass is 10.2. The Morgan fingerprint density at radius 3 is 3.00 bits per heavy atom. The van der Waals surface area contributed by atoms with Crippen LogP contribution in [0.2, 0.25) is 0 Å². The van der Waals surface area contributed by atoms with Gasteiger partial charge in [-0.25, -0.2) is 9.50 Å². The van der Waals surface area contributed by atoms with Crippen LogP contribution in [0.3, 0.4) is 0 Å². The molecule has 90 valence electrons. The fraction of sp³-hybridized carbons (Fsp3) is 0.500. The summed E-state index contributed by atoms with van der Waals surface area (Å²) in [5, 5.41) is 7.87. The van der Waals surface area contributed by atoms with E-state index in [2.05, 4.69) is 26.4 Å². The molecule has 1 aliphatic heterocycles. The van der Waals surface area contributed by atoms with Crippen molar-refractivity contribution in [3.8, 4) is 0 Å². The molecule has 17 heavy (non-hydrogen) atoms. The predicted octanol–water partition coefficient (Wildman–Crippen LogP) is 0.177. The van der Waals surface area contributed by atoms with Crippen molar-refractivity contribution in [2.24, 2.45) is 0 Å². The molecule has 3 rings (SSSR count). The van der Waals surface area contributed by atoms with Crippen molar-refractivity contribution in [3.05, 3.63) is 30.2 Å². The quantitative estimate of drug-likeness (QED) is 0.818. The third kappa shape index (κ3) is 2.45. The zero-order chi connectivity index (χ0) is 11.5. The highest BCUT2D eigenvalue weighted by Gasteiger charge is 2.10. The molecule has 1 aliphatic rings. The second-order valence-corrected chi connectivity index (χ2v) is 4.40. The van der Waals surface area contributed by atoms with E-state index >= 15 is 0 Å². The molecule has 2 aromatic rings. The van der Waals surface area contributed by atoms with E-state index in [-0.39, 0.29) is 0 Å². The van der Waals surface area contributed by atoms with Crippen LogP contribution < -0.4 is 5.32 Å². The molecule has 1 N–H and O–H groups in total. The largest absolute Gasteiger partial charge is 0.314 e. The van der Waals surface area contributed by atoms with Gasteiger partial charge in [0.05, 0.1) is 5.69 Å². The van der Waals surface area contributed by atoms with Gasteiger partial charge in [0, 0.05) is 57.6 Å². The van der Waals surface area contributed by atoms with Gasteiger partial charge in [-0.1, -0.05) is 0 Å². The van der Waals surface area contributed by atoms with Crippen LogP contribution in [0.5, 0.6) is 0 Å². The maximum Gasteiger partial charge on any atom is 0.155 e.